The molecule has 0 saturated carbocycles. The first-order valence-electron chi connectivity index (χ1n) is 8.92. The Kier molecular flexibility index (Phi) is 6.68. The molecule has 0 amide bonds. The van der Waals surface area contributed by atoms with E-state index in [2.05, 4.69) is 74.1 Å². The second-order valence-electron chi connectivity index (χ2n) is 7.56. The van der Waals surface area contributed by atoms with Gasteiger partial charge >= 0.3 is 0 Å². The van der Waals surface area contributed by atoms with Crippen LogP contribution in [-0.2, 0) is 0 Å². The van der Waals surface area contributed by atoms with Gasteiger partial charge in [0.1, 0.15) is 0 Å². The molecule has 0 aromatic carbocycles. The topological polar surface area (TPSA) is 13.0 Å². The Bertz CT molecular complexity index is 296. The van der Waals surface area contributed by atoms with E-state index in [-0.39, 0.29) is 15.8 Å². The lowest BCUT2D eigenvalue weighted by Gasteiger charge is -2.45. The van der Waals surface area contributed by atoms with Crippen molar-refractivity contribution in [1.82, 2.24) is 18.7 Å². The highest BCUT2D eigenvalue weighted by Crippen LogP contribution is 2.80. The molecule has 0 aromatic heterocycles. The number of hydrogen-bond acceptors (Lipinski definition) is 4. The average Bonchev–Trinajstić information content (AvgIpc) is 3.01. The van der Waals surface area contributed by atoms with Gasteiger partial charge < -0.3 is 0 Å². The van der Waals surface area contributed by atoms with E-state index in [1.807, 2.05) is 0 Å². The van der Waals surface area contributed by atoms with Gasteiger partial charge in [-0.2, -0.15) is 0 Å². The maximum absolute atomic E-state index is 2.82. The summed E-state index contributed by atoms with van der Waals surface area (Å²) < 4.78 is 11.3. The molecule has 0 unspecified atom stereocenters. The third-order valence-corrected chi connectivity index (χ3v) is 13.1. The fourth-order valence-corrected chi connectivity index (χ4v) is 13.5. The summed E-state index contributed by atoms with van der Waals surface area (Å²) in [5.41, 5.74) is 0. The summed E-state index contributed by atoms with van der Waals surface area (Å²) in [7, 11) is -0.424. The number of nitrogens with zero attached hydrogens (tertiary/aromatic N) is 4. The molecule has 2 fully saturated rings. The van der Waals surface area contributed by atoms with Crippen LogP contribution in [0.25, 0.3) is 0 Å². The van der Waals surface area contributed by atoms with Crippen LogP contribution in [0, 0.1) is 0 Å². The standard InChI is InChI=1S/C16H36N4P2/c1-13(2)17-9-10-18(14(3)4)21(17)22-19(15(5)6)11-12-20(22)16(7)8/h13-16H,9-12H2,1-8H3. The van der Waals surface area contributed by atoms with Crippen LogP contribution in [0.5, 0.6) is 0 Å². The van der Waals surface area contributed by atoms with Gasteiger partial charge in [0, 0.05) is 50.3 Å². The summed E-state index contributed by atoms with van der Waals surface area (Å²) in [6.45, 7) is 24.0. The van der Waals surface area contributed by atoms with Crippen molar-refractivity contribution in [2.45, 2.75) is 79.6 Å². The second kappa shape index (κ2) is 7.72. The van der Waals surface area contributed by atoms with E-state index in [1.54, 1.807) is 0 Å². The summed E-state index contributed by atoms with van der Waals surface area (Å²) in [5.74, 6) is 0. The Morgan fingerprint density at radius 1 is 0.455 bits per heavy atom. The van der Waals surface area contributed by atoms with Crippen LogP contribution in [0.4, 0.5) is 0 Å². The molecular weight excluding hydrogens is 310 g/mol. The molecule has 2 aliphatic heterocycles. The SMILES string of the molecule is CC(C)N1CCN(C(C)C)P1P1N(C(C)C)CCN1C(C)C. The minimum atomic E-state index is -0.212. The molecule has 130 valence electrons. The van der Waals surface area contributed by atoms with Gasteiger partial charge in [-0.05, 0) is 55.4 Å². The highest BCUT2D eigenvalue weighted by Gasteiger charge is 2.49. The third kappa shape index (κ3) is 3.68. The summed E-state index contributed by atoms with van der Waals surface area (Å²) >= 11 is 0. The largest absolute Gasteiger partial charge is 0.261 e. The predicted molar refractivity (Wildman–Crippen MR) is 101 cm³/mol. The minimum absolute atomic E-state index is 0.212. The molecule has 0 radical (unpaired) electrons. The van der Waals surface area contributed by atoms with Crippen molar-refractivity contribution < 1.29 is 0 Å². The molecule has 0 aliphatic carbocycles. The Morgan fingerprint density at radius 3 is 0.773 bits per heavy atom. The summed E-state index contributed by atoms with van der Waals surface area (Å²) in [6, 6.07) is 2.61. The molecule has 0 spiro atoms. The second-order valence-corrected chi connectivity index (χ2v) is 12.8. The lowest BCUT2D eigenvalue weighted by molar-refractivity contribution is 0.390. The molecule has 2 rings (SSSR count). The zero-order valence-electron chi connectivity index (χ0n) is 15.8. The van der Waals surface area contributed by atoms with Gasteiger partial charge in [-0.1, -0.05) is 0 Å². The minimum Gasteiger partial charge on any atom is -0.261 e. The monoisotopic (exact) mass is 346 g/mol. The molecule has 2 aliphatic rings. The number of rotatable bonds is 5. The molecular formula is C16H36N4P2. The third-order valence-electron chi connectivity index (χ3n) is 4.58. The van der Waals surface area contributed by atoms with E-state index < -0.39 is 0 Å². The Morgan fingerprint density at radius 2 is 0.636 bits per heavy atom. The zero-order valence-corrected chi connectivity index (χ0v) is 17.6. The summed E-state index contributed by atoms with van der Waals surface area (Å²) in [4.78, 5) is 0. The molecule has 0 atom stereocenters. The van der Waals surface area contributed by atoms with Gasteiger partial charge in [0.25, 0.3) is 0 Å². The average molecular weight is 346 g/mol. The summed E-state index contributed by atoms with van der Waals surface area (Å²) in [5, 5.41) is 0. The lowest BCUT2D eigenvalue weighted by atomic mass is 10.3. The lowest BCUT2D eigenvalue weighted by Crippen LogP contribution is -2.32. The fourth-order valence-electron chi connectivity index (χ4n) is 3.33. The fraction of sp³-hybridized carbons (Fsp3) is 1.00. The van der Waals surface area contributed by atoms with Crippen molar-refractivity contribution >= 4 is 15.8 Å². The highest BCUT2D eigenvalue weighted by atomic mass is 32.1. The van der Waals surface area contributed by atoms with Crippen LogP contribution in [-0.4, -0.2) is 69.0 Å². The first-order valence-corrected chi connectivity index (χ1v) is 12.1. The Hall–Kier alpha value is 0.700. The molecule has 6 heteroatoms. The molecule has 4 nitrogen and oxygen atoms in total. The van der Waals surface area contributed by atoms with Crippen LogP contribution in [0.2, 0.25) is 0 Å². The Balaban J connectivity index is 2.35. The van der Waals surface area contributed by atoms with E-state index in [0.717, 1.165) is 0 Å². The van der Waals surface area contributed by atoms with Crippen molar-refractivity contribution in [3.05, 3.63) is 0 Å². The van der Waals surface area contributed by atoms with Crippen LogP contribution < -0.4 is 0 Å². The summed E-state index contributed by atoms with van der Waals surface area (Å²) in [6.07, 6.45) is 0. The molecule has 0 N–H and O–H groups in total. The highest BCUT2D eigenvalue weighted by molar-refractivity contribution is 8.26. The maximum atomic E-state index is 2.82. The van der Waals surface area contributed by atoms with E-state index in [1.165, 1.54) is 26.2 Å². The van der Waals surface area contributed by atoms with E-state index >= 15 is 0 Å². The van der Waals surface area contributed by atoms with Crippen LogP contribution in [0.3, 0.4) is 0 Å². The Labute approximate surface area is 140 Å². The normalized spacial score (nSPS) is 25.1. The first kappa shape index (κ1) is 19.0. The van der Waals surface area contributed by atoms with Gasteiger partial charge in [0.2, 0.25) is 0 Å². The quantitative estimate of drug-likeness (QED) is 0.684. The van der Waals surface area contributed by atoms with Gasteiger partial charge in [-0.3, -0.25) is 18.7 Å². The van der Waals surface area contributed by atoms with Crippen LogP contribution in [0.1, 0.15) is 55.4 Å². The van der Waals surface area contributed by atoms with E-state index in [4.69, 9.17) is 0 Å². The van der Waals surface area contributed by atoms with E-state index in [9.17, 15) is 0 Å². The maximum Gasteiger partial charge on any atom is 0.0981 e. The van der Waals surface area contributed by atoms with Crippen LogP contribution >= 0.6 is 15.8 Å². The van der Waals surface area contributed by atoms with Crippen molar-refractivity contribution in [1.29, 1.82) is 0 Å². The molecule has 2 saturated heterocycles. The first-order chi connectivity index (χ1) is 10.3. The van der Waals surface area contributed by atoms with Crippen LogP contribution in [0.15, 0.2) is 0 Å². The van der Waals surface area contributed by atoms with Crippen molar-refractivity contribution in [2.75, 3.05) is 26.2 Å². The molecule has 0 aromatic rings. The van der Waals surface area contributed by atoms with Gasteiger partial charge in [0.15, 0.2) is 0 Å². The smallest absolute Gasteiger partial charge is 0.0981 e. The van der Waals surface area contributed by atoms with Gasteiger partial charge in [-0.25, -0.2) is 0 Å². The van der Waals surface area contributed by atoms with Gasteiger partial charge in [0.05, 0.1) is 15.8 Å². The zero-order chi connectivity index (χ0) is 16.6. The predicted octanol–water partition coefficient (Wildman–Crippen LogP) is 4.39. The van der Waals surface area contributed by atoms with Crippen molar-refractivity contribution in [2.24, 2.45) is 0 Å². The van der Waals surface area contributed by atoms with E-state index in [0.29, 0.717) is 24.2 Å². The van der Waals surface area contributed by atoms with Crippen molar-refractivity contribution in [3.63, 3.8) is 0 Å². The molecule has 2 heterocycles. The van der Waals surface area contributed by atoms with Gasteiger partial charge in [-0.15, -0.1) is 0 Å². The van der Waals surface area contributed by atoms with Crippen molar-refractivity contribution in [3.8, 4) is 0 Å². The number of hydrogen-bond donors (Lipinski definition) is 0. The molecule has 0 bridgehead atoms. The molecule has 22 heavy (non-hydrogen) atoms.